The number of carboxylic acid groups (broad SMARTS) is 1. The van der Waals surface area contributed by atoms with Crippen LogP contribution >= 0.6 is 0 Å². The molecule has 0 radical (unpaired) electrons. The van der Waals surface area contributed by atoms with Gasteiger partial charge in [-0.3, -0.25) is 14.4 Å². The lowest BCUT2D eigenvalue weighted by molar-refractivity contribution is -0.139. The van der Waals surface area contributed by atoms with E-state index in [0.29, 0.717) is 30.5 Å². The molecule has 0 aliphatic heterocycles. The van der Waals surface area contributed by atoms with Crippen LogP contribution in [0.5, 0.6) is 0 Å². The highest BCUT2D eigenvalue weighted by Crippen LogP contribution is 2.20. The van der Waals surface area contributed by atoms with Crippen LogP contribution in [0.15, 0.2) is 16.9 Å². The summed E-state index contributed by atoms with van der Waals surface area (Å²) in [6.45, 7) is -0.0956. The van der Waals surface area contributed by atoms with Crippen LogP contribution in [0.25, 0.3) is 0 Å². The minimum atomic E-state index is -1.14. The minimum Gasteiger partial charge on any atom is -0.481 e. The number of nitrogens with zero attached hydrogens (tertiary/aromatic N) is 1. The minimum absolute atomic E-state index is 0.0114. The number of aliphatic carboxylic acids is 1. The van der Waals surface area contributed by atoms with Crippen molar-refractivity contribution in [3.63, 3.8) is 0 Å². The highest BCUT2D eigenvalue weighted by atomic mass is 16.4. The van der Waals surface area contributed by atoms with Crippen molar-refractivity contribution in [3.05, 3.63) is 33.7 Å². The summed E-state index contributed by atoms with van der Waals surface area (Å²) >= 11 is 0. The number of carbonyl (C=O) groups is 2. The first-order valence-corrected chi connectivity index (χ1v) is 6.15. The number of fused-ring (bicyclic) bond motifs is 1. The van der Waals surface area contributed by atoms with Gasteiger partial charge in [0.1, 0.15) is 0 Å². The van der Waals surface area contributed by atoms with Crippen molar-refractivity contribution >= 4 is 11.8 Å². The first kappa shape index (κ1) is 13.5. The molecule has 1 atom stereocenters. The van der Waals surface area contributed by atoms with Gasteiger partial charge >= 0.3 is 5.97 Å². The van der Waals surface area contributed by atoms with Gasteiger partial charge in [0.05, 0.1) is 19.1 Å². The number of aliphatic hydroxyl groups is 1. The summed E-state index contributed by atoms with van der Waals surface area (Å²) in [5.41, 5.74) is 0.791. The van der Waals surface area contributed by atoms with Crippen molar-refractivity contribution in [3.8, 4) is 0 Å². The van der Waals surface area contributed by atoms with E-state index in [-0.39, 0.29) is 17.9 Å². The number of aromatic nitrogens is 1. The monoisotopic (exact) mass is 265 g/mol. The van der Waals surface area contributed by atoms with Crippen LogP contribution in [0.3, 0.4) is 0 Å². The Hall–Kier alpha value is -1.95. The molecule has 1 unspecified atom stereocenters. The van der Waals surface area contributed by atoms with E-state index in [0.717, 1.165) is 0 Å². The van der Waals surface area contributed by atoms with Gasteiger partial charge in [-0.25, -0.2) is 0 Å². The van der Waals surface area contributed by atoms with E-state index < -0.39 is 18.5 Å². The molecular weight excluding hydrogens is 250 g/mol. The zero-order chi connectivity index (χ0) is 14.0. The molecule has 0 saturated heterocycles. The molecule has 19 heavy (non-hydrogen) atoms. The van der Waals surface area contributed by atoms with E-state index >= 15 is 0 Å². The van der Waals surface area contributed by atoms with Gasteiger partial charge in [-0.15, -0.1) is 0 Å². The van der Waals surface area contributed by atoms with Crippen LogP contribution in [0.4, 0.5) is 0 Å². The second-order valence-electron chi connectivity index (χ2n) is 4.67. The highest BCUT2D eigenvalue weighted by Gasteiger charge is 2.22. The average Bonchev–Trinajstić information content (AvgIpc) is 2.32. The van der Waals surface area contributed by atoms with Gasteiger partial charge in [-0.05, 0) is 18.9 Å². The van der Waals surface area contributed by atoms with Gasteiger partial charge in [0.2, 0.25) is 0 Å². The lowest BCUT2D eigenvalue weighted by atomic mass is 9.94. The molecular formula is C13H15NO5. The number of Topliss-reactive ketones (excluding diaryl/α,β-unsaturated/α-hetero) is 1. The van der Waals surface area contributed by atoms with Gasteiger partial charge < -0.3 is 14.8 Å². The quantitative estimate of drug-likeness (QED) is 0.810. The fourth-order valence-electron chi connectivity index (χ4n) is 2.37. The molecule has 2 N–H and O–H groups in total. The molecule has 0 saturated carbocycles. The summed E-state index contributed by atoms with van der Waals surface area (Å²) in [7, 11) is 0. The second kappa shape index (κ2) is 5.36. The second-order valence-corrected chi connectivity index (χ2v) is 4.67. The van der Waals surface area contributed by atoms with Crippen LogP contribution < -0.4 is 5.56 Å². The summed E-state index contributed by atoms with van der Waals surface area (Å²) in [5, 5.41) is 18.2. The summed E-state index contributed by atoms with van der Waals surface area (Å²) in [4.78, 5) is 34.1. The fraction of sp³-hybridized carbons (Fsp3) is 0.462. The van der Waals surface area contributed by atoms with Crippen molar-refractivity contribution < 1.29 is 19.8 Å². The van der Waals surface area contributed by atoms with Crippen LogP contribution in [0.2, 0.25) is 0 Å². The molecule has 1 aromatic rings. The van der Waals surface area contributed by atoms with E-state index in [1.807, 2.05) is 0 Å². The number of hydrogen-bond donors (Lipinski definition) is 2. The number of carbonyl (C=O) groups excluding carboxylic acids is 1. The van der Waals surface area contributed by atoms with E-state index in [9.17, 15) is 19.5 Å². The number of ketones is 1. The largest absolute Gasteiger partial charge is 0.481 e. The normalized spacial score (nSPS) is 15.9. The maximum atomic E-state index is 11.8. The summed E-state index contributed by atoms with van der Waals surface area (Å²) in [6.07, 6.45) is 0.160. The first-order valence-electron chi connectivity index (χ1n) is 6.15. The molecule has 0 bridgehead atoms. The van der Waals surface area contributed by atoms with Crippen molar-refractivity contribution in [1.29, 1.82) is 0 Å². The molecule has 1 aliphatic rings. The third kappa shape index (κ3) is 2.90. The summed E-state index contributed by atoms with van der Waals surface area (Å²) < 4.78 is 1.32. The average molecular weight is 265 g/mol. The fourth-order valence-corrected chi connectivity index (χ4v) is 2.37. The van der Waals surface area contributed by atoms with Crippen molar-refractivity contribution in [2.24, 2.45) is 0 Å². The molecule has 0 aromatic carbocycles. The SMILES string of the molecule is O=C(O)CC(O)Cn1c2c(ccc1=O)C(=O)CCC2. The molecule has 6 nitrogen and oxygen atoms in total. The predicted molar refractivity (Wildman–Crippen MR) is 66.2 cm³/mol. The molecule has 1 aliphatic carbocycles. The predicted octanol–water partition coefficient (Wildman–Crippen LogP) is 0.203. The molecule has 6 heteroatoms. The zero-order valence-corrected chi connectivity index (χ0v) is 10.3. The highest BCUT2D eigenvalue weighted by molar-refractivity contribution is 5.97. The van der Waals surface area contributed by atoms with Crippen LogP contribution in [0.1, 0.15) is 35.3 Å². The third-order valence-corrected chi connectivity index (χ3v) is 3.22. The van der Waals surface area contributed by atoms with Gasteiger partial charge in [-0.1, -0.05) is 0 Å². The number of pyridine rings is 1. The van der Waals surface area contributed by atoms with Crippen molar-refractivity contribution in [1.82, 2.24) is 4.57 Å². The lowest BCUT2D eigenvalue weighted by Gasteiger charge is -2.21. The van der Waals surface area contributed by atoms with Gasteiger partial charge in [-0.2, -0.15) is 0 Å². The van der Waals surface area contributed by atoms with Crippen molar-refractivity contribution in [2.75, 3.05) is 0 Å². The summed E-state index contributed by atoms with van der Waals surface area (Å²) in [6, 6.07) is 2.80. The summed E-state index contributed by atoms with van der Waals surface area (Å²) in [5.74, 6) is -1.14. The van der Waals surface area contributed by atoms with Crippen LogP contribution in [0, 0.1) is 0 Å². The van der Waals surface area contributed by atoms with E-state index in [2.05, 4.69) is 0 Å². The smallest absolute Gasteiger partial charge is 0.306 e. The van der Waals surface area contributed by atoms with Gasteiger partial charge in [0.15, 0.2) is 5.78 Å². The molecule has 1 heterocycles. The third-order valence-electron chi connectivity index (χ3n) is 3.22. The van der Waals surface area contributed by atoms with Crippen LogP contribution in [-0.2, 0) is 17.8 Å². The Morgan fingerprint density at radius 3 is 2.74 bits per heavy atom. The number of hydrogen-bond acceptors (Lipinski definition) is 4. The lowest BCUT2D eigenvalue weighted by Crippen LogP contribution is -2.32. The van der Waals surface area contributed by atoms with Crippen molar-refractivity contribution in [2.45, 2.75) is 38.3 Å². The molecule has 1 aromatic heterocycles. The number of aliphatic hydroxyl groups excluding tert-OH is 1. The molecule has 102 valence electrons. The first-order chi connectivity index (χ1) is 8.99. The maximum Gasteiger partial charge on any atom is 0.306 e. The Bertz CT molecular complexity index is 575. The maximum absolute atomic E-state index is 11.8. The van der Waals surface area contributed by atoms with Gasteiger partial charge in [0.25, 0.3) is 5.56 Å². The Morgan fingerprint density at radius 2 is 2.05 bits per heavy atom. The van der Waals surface area contributed by atoms with E-state index in [4.69, 9.17) is 5.11 Å². The van der Waals surface area contributed by atoms with E-state index in [1.54, 1.807) is 0 Å². The Balaban J connectivity index is 2.34. The van der Waals surface area contributed by atoms with Gasteiger partial charge in [0, 0.05) is 23.7 Å². The molecule has 0 spiro atoms. The Labute approximate surface area is 109 Å². The molecule has 0 amide bonds. The Kier molecular flexibility index (Phi) is 3.80. The molecule has 2 rings (SSSR count). The molecule has 0 fully saturated rings. The Morgan fingerprint density at radius 1 is 1.32 bits per heavy atom. The topological polar surface area (TPSA) is 96.6 Å². The van der Waals surface area contributed by atoms with E-state index in [1.165, 1.54) is 16.7 Å². The number of carboxylic acids is 1. The number of rotatable bonds is 4. The van der Waals surface area contributed by atoms with Crippen LogP contribution in [-0.4, -0.2) is 32.6 Å². The standard InChI is InChI=1S/C13H15NO5/c15-8(6-13(18)19)7-14-10-2-1-3-11(16)9(10)4-5-12(14)17/h4-5,8,15H,1-3,6-7H2,(H,18,19). The zero-order valence-electron chi connectivity index (χ0n) is 10.3.